The second-order valence-corrected chi connectivity index (χ2v) is 7.25. The third-order valence-corrected chi connectivity index (χ3v) is 4.19. The maximum atomic E-state index is 6.05. The van der Waals surface area contributed by atoms with E-state index in [4.69, 9.17) is 17.3 Å². The highest BCUT2D eigenvalue weighted by molar-refractivity contribution is 6.30. The van der Waals surface area contributed by atoms with Gasteiger partial charge in [0.2, 0.25) is 0 Å². The van der Waals surface area contributed by atoms with E-state index >= 15 is 0 Å². The van der Waals surface area contributed by atoms with Crippen molar-refractivity contribution in [3.8, 4) is 11.8 Å². The van der Waals surface area contributed by atoms with Crippen molar-refractivity contribution in [1.82, 2.24) is 10.6 Å². The summed E-state index contributed by atoms with van der Waals surface area (Å²) in [4.78, 5) is 4.55. The third kappa shape index (κ3) is 4.07. The van der Waals surface area contributed by atoms with Crippen LogP contribution in [0.1, 0.15) is 25.0 Å². The molecule has 0 spiro atoms. The molecule has 0 fully saturated rings. The van der Waals surface area contributed by atoms with Crippen LogP contribution in [0.2, 0.25) is 0 Å². The molecule has 0 bridgehead atoms. The molecule has 2 heterocycles. The predicted octanol–water partition coefficient (Wildman–Crippen LogP) is 2.62. The van der Waals surface area contributed by atoms with Crippen molar-refractivity contribution in [3.05, 3.63) is 70.0 Å². The van der Waals surface area contributed by atoms with Crippen molar-refractivity contribution in [1.29, 1.82) is 0 Å². The van der Waals surface area contributed by atoms with Gasteiger partial charge < -0.3 is 16.4 Å². The molecule has 1 aromatic carbocycles. The first kappa shape index (κ1) is 17.2. The molecule has 128 valence electrons. The molecule has 0 aliphatic carbocycles. The fourth-order valence-electron chi connectivity index (χ4n) is 2.59. The summed E-state index contributed by atoms with van der Waals surface area (Å²) in [5, 5.41) is 7.11. The number of nitrogens with one attached hydrogen (secondary N) is 2. The van der Waals surface area contributed by atoms with Crippen LogP contribution in [0.4, 0.5) is 0 Å². The topological polar surface area (TPSA) is 62.4 Å². The van der Waals surface area contributed by atoms with Gasteiger partial charge in [-0.05, 0) is 37.6 Å². The van der Waals surface area contributed by atoms with Gasteiger partial charge in [-0.3, -0.25) is 4.99 Å². The van der Waals surface area contributed by atoms with Crippen LogP contribution in [0.5, 0.6) is 0 Å². The number of amidine groups is 1. The van der Waals surface area contributed by atoms with Crippen molar-refractivity contribution in [2.45, 2.75) is 19.4 Å². The molecule has 3 rings (SSSR count). The first-order valence-corrected chi connectivity index (χ1v) is 8.46. The van der Waals surface area contributed by atoms with Gasteiger partial charge >= 0.3 is 0 Å². The summed E-state index contributed by atoms with van der Waals surface area (Å²) in [7, 11) is 0. The highest BCUT2D eigenvalue weighted by Gasteiger charge is 2.25. The molecule has 0 unspecified atom stereocenters. The highest BCUT2D eigenvalue weighted by Crippen LogP contribution is 2.18. The Labute approximate surface area is 153 Å². The molecule has 25 heavy (non-hydrogen) atoms. The minimum absolute atomic E-state index is 0.0133. The summed E-state index contributed by atoms with van der Waals surface area (Å²) in [6.07, 6.45) is 1.78. The van der Waals surface area contributed by atoms with E-state index in [0.717, 1.165) is 23.5 Å². The molecule has 1 aromatic rings. The Morgan fingerprint density at radius 1 is 1.24 bits per heavy atom. The molecule has 2 aliphatic rings. The lowest BCUT2D eigenvalue weighted by Crippen LogP contribution is -2.39. The van der Waals surface area contributed by atoms with E-state index in [1.165, 1.54) is 0 Å². The Morgan fingerprint density at radius 3 is 2.60 bits per heavy atom. The predicted molar refractivity (Wildman–Crippen MR) is 104 cm³/mol. The van der Waals surface area contributed by atoms with Crippen molar-refractivity contribution >= 4 is 17.4 Å². The second kappa shape index (κ2) is 6.70. The van der Waals surface area contributed by atoms with Crippen molar-refractivity contribution in [2.24, 2.45) is 10.7 Å². The monoisotopic (exact) mass is 352 g/mol. The Kier molecular flexibility index (Phi) is 4.61. The van der Waals surface area contributed by atoms with Gasteiger partial charge in [-0.1, -0.05) is 42.2 Å². The Morgan fingerprint density at radius 2 is 1.96 bits per heavy atom. The Hall–Kier alpha value is -2.64. The molecule has 0 radical (unpaired) electrons. The van der Waals surface area contributed by atoms with Crippen LogP contribution in [0.15, 0.2) is 63.9 Å². The molecule has 0 aromatic heterocycles. The molecule has 4 N–H and O–H groups in total. The van der Waals surface area contributed by atoms with E-state index in [-0.39, 0.29) is 5.54 Å². The zero-order valence-electron chi connectivity index (χ0n) is 14.4. The number of hydrogen-bond acceptors (Lipinski definition) is 4. The lowest BCUT2D eigenvalue weighted by molar-refractivity contribution is 0.506. The zero-order valence-corrected chi connectivity index (χ0v) is 15.2. The van der Waals surface area contributed by atoms with Crippen LogP contribution in [-0.2, 0) is 0 Å². The molecule has 0 amide bonds. The number of nitrogens with zero attached hydrogens (tertiary/aromatic N) is 1. The van der Waals surface area contributed by atoms with E-state index in [9.17, 15) is 0 Å². The van der Waals surface area contributed by atoms with Crippen molar-refractivity contribution in [2.75, 3.05) is 13.1 Å². The molecule has 0 saturated carbocycles. The third-order valence-electron chi connectivity index (χ3n) is 3.95. The van der Waals surface area contributed by atoms with Crippen LogP contribution >= 0.6 is 11.6 Å². The number of allylic oxidation sites excluding steroid dienone is 3. The van der Waals surface area contributed by atoms with Gasteiger partial charge in [0.25, 0.3) is 0 Å². The van der Waals surface area contributed by atoms with E-state index < -0.39 is 0 Å². The molecule has 0 atom stereocenters. The van der Waals surface area contributed by atoms with Gasteiger partial charge in [0.15, 0.2) is 0 Å². The first-order valence-electron chi connectivity index (χ1n) is 8.08. The normalized spacial score (nSPS) is 19.1. The average Bonchev–Trinajstić information content (AvgIpc) is 2.87. The van der Waals surface area contributed by atoms with E-state index in [1.54, 1.807) is 6.08 Å². The summed E-state index contributed by atoms with van der Waals surface area (Å²) in [6, 6.07) is 7.99. The van der Waals surface area contributed by atoms with Gasteiger partial charge in [-0.15, -0.1) is 0 Å². The Bertz CT molecular complexity index is 861. The second-order valence-electron chi connectivity index (χ2n) is 6.76. The lowest BCUT2D eigenvalue weighted by atomic mass is 10.1. The number of halogens is 1. The molecule has 4 nitrogen and oxygen atoms in total. The number of rotatable bonds is 1. The SMILES string of the molecule is C=C1C=C(Cl)CNC(N)=C1C#Cc1ccc(C2=NCC(C)(C)N2)cc1. The summed E-state index contributed by atoms with van der Waals surface area (Å²) in [5.74, 6) is 7.65. The van der Waals surface area contributed by atoms with Crippen LogP contribution in [0.3, 0.4) is 0 Å². The van der Waals surface area contributed by atoms with Crippen molar-refractivity contribution < 1.29 is 0 Å². The molecule has 0 saturated heterocycles. The maximum absolute atomic E-state index is 6.05. The summed E-state index contributed by atoms with van der Waals surface area (Å²) < 4.78 is 0. The van der Waals surface area contributed by atoms with Crippen LogP contribution in [0.25, 0.3) is 0 Å². The van der Waals surface area contributed by atoms with Gasteiger partial charge in [-0.25, -0.2) is 0 Å². The number of hydrogen-bond donors (Lipinski definition) is 3. The minimum Gasteiger partial charge on any atom is -0.384 e. The molecule has 5 heteroatoms. The maximum Gasteiger partial charge on any atom is 0.128 e. The minimum atomic E-state index is 0.0133. The van der Waals surface area contributed by atoms with Gasteiger partial charge in [0.1, 0.15) is 11.7 Å². The summed E-state index contributed by atoms with van der Waals surface area (Å²) in [5.41, 5.74) is 9.37. The zero-order chi connectivity index (χ0) is 18.0. The first-order chi connectivity index (χ1) is 11.8. The largest absolute Gasteiger partial charge is 0.384 e. The standard InChI is InChI=1S/C20H21ClN4/c1-13-10-16(21)11-23-18(22)17(13)9-6-14-4-7-15(8-5-14)19-24-12-20(2,3)25-19/h4-5,7-8,10,23H,1,11-12,22H2,2-3H3,(H,24,25). The van der Waals surface area contributed by atoms with Crippen molar-refractivity contribution in [3.63, 3.8) is 0 Å². The number of benzene rings is 1. The lowest BCUT2D eigenvalue weighted by Gasteiger charge is -2.18. The quantitative estimate of drug-likeness (QED) is 0.681. The van der Waals surface area contributed by atoms with Gasteiger partial charge in [0, 0.05) is 16.2 Å². The molecule has 2 aliphatic heterocycles. The molecular formula is C20H21ClN4. The summed E-state index contributed by atoms with van der Waals surface area (Å²) >= 11 is 6.05. The van der Waals surface area contributed by atoms with Crippen LogP contribution in [-0.4, -0.2) is 24.5 Å². The number of nitrogens with two attached hydrogens (primary N) is 1. The van der Waals surface area contributed by atoms with E-state index in [1.807, 2.05) is 24.3 Å². The average molecular weight is 353 g/mol. The van der Waals surface area contributed by atoms with Gasteiger partial charge in [0.05, 0.1) is 24.2 Å². The highest BCUT2D eigenvalue weighted by atomic mass is 35.5. The van der Waals surface area contributed by atoms with E-state index in [0.29, 0.717) is 28.5 Å². The Balaban J connectivity index is 1.79. The number of aliphatic imine (C=N–C) groups is 1. The van der Waals surface area contributed by atoms with Gasteiger partial charge in [-0.2, -0.15) is 0 Å². The smallest absolute Gasteiger partial charge is 0.128 e. The van der Waals surface area contributed by atoms with E-state index in [2.05, 4.69) is 47.9 Å². The fraction of sp³-hybridized carbons (Fsp3) is 0.250. The summed E-state index contributed by atoms with van der Waals surface area (Å²) in [6.45, 7) is 9.52. The van der Waals surface area contributed by atoms with Crippen LogP contribution < -0.4 is 16.4 Å². The molecular weight excluding hydrogens is 332 g/mol. The fourth-order valence-corrected chi connectivity index (χ4v) is 2.79. The van der Waals surface area contributed by atoms with Crippen LogP contribution in [0, 0.1) is 11.8 Å².